The van der Waals surface area contributed by atoms with E-state index < -0.39 is 0 Å². The predicted molar refractivity (Wildman–Crippen MR) is 66.6 cm³/mol. The summed E-state index contributed by atoms with van der Waals surface area (Å²) < 4.78 is 5.60. The third-order valence-electron chi connectivity index (χ3n) is 3.25. The Kier molecular flexibility index (Phi) is 3.83. The first-order valence-electron chi connectivity index (χ1n) is 6.27. The smallest absolute Gasteiger partial charge is 0.122 e. The van der Waals surface area contributed by atoms with E-state index in [0.717, 1.165) is 31.1 Å². The average Bonchev–Trinajstić information content (AvgIpc) is 3.12. The van der Waals surface area contributed by atoms with Crippen molar-refractivity contribution in [2.45, 2.75) is 38.6 Å². The molecule has 0 bridgehead atoms. The molecule has 1 unspecified atom stereocenters. The van der Waals surface area contributed by atoms with Gasteiger partial charge in [0.1, 0.15) is 5.75 Å². The van der Waals surface area contributed by atoms with Crippen LogP contribution in [0.3, 0.4) is 0 Å². The number of ether oxygens (including phenoxy) is 1. The molecular weight excluding hydrogens is 198 g/mol. The summed E-state index contributed by atoms with van der Waals surface area (Å²) in [6.45, 7) is 2.75. The molecule has 1 aliphatic rings. The number of rotatable bonds is 6. The Morgan fingerprint density at radius 3 is 2.81 bits per heavy atom. The van der Waals surface area contributed by atoms with Gasteiger partial charge in [-0.3, -0.25) is 0 Å². The highest BCUT2D eigenvalue weighted by atomic mass is 16.5. The van der Waals surface area contributed by atoms with Crippen molar-refractivity contribution in [1.29, 1.82) is 0 Å². The molecule has 1 aromatic rings. The fraction of sp³-hybridized carbons (Fsp3) is 0.571. The Bertz CT molecular complexity index is 333. The lowest BCUT2D eigenvalue weighted by Crippen LogP contribution is -2.22. The molecule has 0 radical (unpaired) electrons. The fourth-order valence-corrected chi connectivity index (χ4v) is 2.09. The first-order valence-corrected chi connectivity index (χ1v) is 6.27. The molecule has 88 valence electrons. The molecule has 2 nitrogen and oxygen atoms in total. The van der Waals surface area contributed by atoms with Gasteiger partial charge in [-0.05, 0) is 50.2 Å². The third-order valence-corrected chi connectivity index (χ3v) is 3.25. The third kappa shape index (κ3) is 2.99. The lowest BCUT2D eigenvalue weighted by Gasteiger charge is -2.13. The maximum absolute atomic E-state index is 6.11. The van der Waals surface area contributed by atoms with E-state index in [1.54, 1.807) is 0 Å². The van der Waals surface area contributed by atoms with Crippen LogP contribution in [0.4, 0.5) is 0 Å². The highest BCUT2D eigenvalue weighted by Crippen LogP contribution is 2.33. The average molecular weight is 219 g/mol. The second-order valence-electron chi connectivity index (χ2n) is 4.58. The number of para-hydroxylation sites is 1. The van der Waals surface area contributed by atoms with E-state index in [4.69, 9.17) is 10.5 Å². The van der Waals surface area contributed by atoms with E-state index in [-0.39, 0.29) is 0 Å². The van der Waals surface area contributed by atoms with E-state index in [1.807, 2.05) is 19.1 Å². The van der Waals surface area contributed by atoms with Crippen LogP contribution < -0.4 is 10.5 Å². The highest BCUT2D eigenvalue weighted by Gasteiger charge is 2.28. The van der Waals surface area contributed by atoms with E-state index in [1.165, 1.54) is 18.4 Å². The van der Waals surface area contributed by atoms with E-state index >= 15 is 0 Å². The van der Waals surface area contributed by atoms with Crippen LogP contribution in [0.1, 0.15) is 31.7 Å². The molecule has 1 fully saturated rings. The summed E-state index contributed by atoms with van der Waals surface area (Å²) in [5.74, 6) is 1.81. The molecule has 2 N–H and O–H groups in total. The highest BCUT2D eigenvalue weighted by molar-refractivity contribution is 5.33. The summed E-state index contributed by atoms with van der Waals surface area (Å²) in [7, 11) is 0. The van der Waals surface area contributed by atoms with Gasteiger partial charge < -0.3 is 10.5 Å². The summed E-state index contributed by atoms with van der Waals surface area (Å²) in [6.07, 6.45) is 4.77. The van der Waals surface area contributed by atoms with Gasteiger partial charge in [-0.15, -0.1) is 0 Å². The normalized spacial score (nSPS) is 17.1. The number of aryl methyl sites for hydroxylation is 1. The predicted octanol–water partition coefficient (Wildman–Crippen LogP) is 2.76. The van der Waals surface area contributed by atoms with Gasteiger partial charge in [-0.1, -0.05) is 18.2 Å². The second kappa shape index (κ2) is 5.35. The van der Waals surface area contributed by atoms with Gasteiger partial charge in [0, 0.05) is 6.04 Å². The molecule has 16 heavy (non-hydrogen) atoms. The second-order valence-corrected chi connectivity index (χ2v) is 4.58. The number of hydrogen-bond acceptors (Lipinski definition) is 2. The maximum Gasteiger partial charge on any atom is 0.122 e. The standard InChI is InChI=1S/C14H21NO/c1-2-16-14-6-4-3-5-12(14)9-10-13(15)11-7-8-11/h3-6,11,13H,2,7-10,15H2,1H3. The first kappa shape index (κ1) is 11.5. The summed E-state index contributed by atoms with van der Waals surface area (Å²) in [4.78, 5) is 0. The lowest BCUT2D eigenvalue weighted by atomic mass is 10.0. The topological polar surface area (TPSA) is 35.2 Å². The molecule has 0 heterocycles. The van der Waals surface area contributed by atoms with Gasteiger partial charge in [-0.25, -0.2) is 0 Å². The zero-order valence-electron chi connectivity index (χ0n) is 9.99. The fourth-order valence-electron chi connectivity index (χ4n) is 2.09. The Balaban J connectivity index is 1.91. The van der Waals surface area contributed by atoms with Crippen molar-refractivity contribution in [2.24, 2.45) is 11.7 Å². The molecular formula is C14H21NO. The van der Waals surface area contributed by atoms with Crippen molar-refractivity contribution < 1.29 is 4.74 Å². The van der Waals surface area contributed by atoms with Gasteiger partial charge in [0.2, 0.25) is 0 Å². The van der Waals surface area contributed by atoms with Crippen LogP contribution in [-0.2, 0) is 6.42 Å². The molecule has 1 aromatic carbocycles. The molecule has 1 aliphatic carbocycles. The van der Waals surface area contributed by atoms with Crippen LogP contribution in [-0.4, -0.2) is 12.6 Å². The Labute approximate surface area is 97.8 Å². The Morgan fingerprint density at radius 2 is 2.12 bits per heavy atom. The molecule has 0 saturated heterocycles. The van der Waals surface area contributed by atoms with Crippen molar-refractivity contribution >= 4 is 0 Å². The zero-order valence-corrected chi connectivity index (χ0v) is 9.99. The van der Waals surface area contributed by atoms with Gasteiger partial charge in [-0.2, -0.15) is 0 Å². The Hall–Kier alpha value is -1.02. The SMILES string of the molecule is CCOc1ccccc1CCC(N)C1CC1. The summed E-state index contributed by atoms with van der Waals surface area (Å²) in [6, 6.07) is 8.66. The quantitative estimate of drug-likeness (QED) is 0.798. The van der Waals surface area contributed by atoms with E-state index in [0.29, 0.717) is 6.04 Å². The zero-order chi connectivity index (χ0) is 11.4. The van der Waals surface area contributed by atoms with Crippen molar-refractivity contribution in [3.63, 3.8) is 0 Å². The van der Waals surface area contributed by atoms with Crippen LogP contribution in [0.25, 0.3) is 0 Å². The van der Waals surface area contributed by atoms with Crippen molar-refractivity contribution in [1.82, 2.24) is 0 Å². The summed E-state index contributed by atoms with van der Waals surface area (Å²) >= 11 is 0. The minimum atomic E-state index is 0.384. The lowest BCUT2D eigenvalue weighted by molar-refractivity contribution is 0.335. The van der Waals surface area contributed by atoms with Crippen molar-refractivity contribution in [2.75, 3.05) is 6.61 Å². The van der Waals surface area contributed by atoms with Crippen LogP contribution in [0.15, 0.2) is 24.3 Å². The molecule has 0 aromatic heterocycles. The molecule has 2 heteroatoms. The molecule has 0 aliphatic heterocycles. The van der Waals surface area contributed by atoms with Crippen LogP contribution in [0, 0.1) is 5.92 Å². The first-order chi connectivity index (χ1) is 7.81. The van der Waals surface area contributed by atoms with Crippen molar-refractivity contribution in [3.8, 4) is 5.75 Å². The molecule has 1 atom stereocenters. The largest absolute Gasteiger partial charge is 0.494 e. The van der Waals surface area contributed by atoms with Gasteiger partial charge in [0.25, 0.3) is 0 Å². The number of benzene rings is 1. The van der Waals surface area contributed by atoms with Gasteiger partial charge in [0.15, 0.2) is 0 Å². The number of hydrogen-bond donors (Lipinski definition) is 1. The van der Waals surface area contributed by atoms with E-state index in [9.17, 15) is 0 Å². The van der Waals surface area contributed by atoms with Gasteiger partial charge in [0.05, 0.1) is 6.61 Å². The van der Waals surface area contributed by atoms with Crippen LogP contribution in [0.5, 0.6) is 5.75 Å². The molecule has 0 amide bonds. The van der Waals surface area contributed by atoms with Crippen molar-refractivity contribution in [3.05, 3.63) is 29.8 Å². The molecule has 0 spiro atoms. The molecule has 2 rings (SSSR count). The number of nitrogens with two attached hydrogens (primary N) is 1. The summed E-state index contributed by atoms with van der Waals surface area (Å²) in [5, 5.41) is 0. The summed E-state index contributed by atoms with van der Waals surface area (Å²) in [5.41, 5.74) is 7.40. The monoisotopic (exact) mass is 219 g/mol. The van der Waals surface area contributed by atoms with E-state index in [2.05, 4.69) is 12.1 Å². The Morgan fingerprint density at radius 1 is 1.38 bits per heavy atom. The minimum Gasteiger partial charge on any atom is -0.494 e. The molecule has 1 saturated carbocycles. The van der Waals surface area contributed by atoms with Gasteiger partial charge >= 0.3 is 0 Å². The van der Waals surface area contributed by atoms with Crippen LogP contribution >= 0.6 is 0 Å². The van der Waals surface area contributed by atoms with Crippen LogP contribution in [0.2, 0.25) is 0 Å². The maximum atomic E-state index is 6.11. The minimum absolute atomic E-state index is 0.384.